The first-order valence-electron chi connectivity index (χ1n) is 9.94. The molecule has 0 saturated heterocycles. The van der Waals surface area contributed by atoms with E-state index in [1.165, 1.54) is 23.9 Å². The Morgan fingerprint density at radius 1 is 1.10 bits per heavy atom. The Morgan fingerprint density at radius 2 is 1.97 bits per heavy atom. The fourth-order valence-corrected chi connectivity index (χ4v) is 6.15. The van der Waals surface area contributed by atoms with E-state index in [4.69, 9.17) is 0 Å². The summed E-state index contributed by atoms with van der Waals surface area (Å²) >= 11 is 2.90. The highest BCUT2D eigenvalue weighted by Gasteiger charge is 2.18. The molecule has 0 radical (unpaired) electrons. The summed E-state index contributed by atoms with van der Waals surface area (Å²) in [4.78, 5) is 21.3. The van der Waals surface area contributed by atoms with Gasteiger partial charge in [-0.25, -0.2) is 13.4 Å². The third-order valence-electron chi connectivity index (χ3n) is 4.66. The third kappa shape index (κ3) is 5.84. The highest BCUT2D eigenvalue weighted by molar-refractivity contribution is 8.01. The number of thiazole rings is 1. The molecule has 7 nitrogen and oxygen atoms in total. The van der Waals surface area contributed by atoms with E-state index in [-0.39, 0.29) is 16.6 Å². The number of benzene rings is 2. The molecule has 0 aliphatic carbocycles. The molecule has 1 aliphatic heterocycles. The first-order valence-corrected chi connectivity index (χ1v) is 13.2. The number of nitrogens with zero attached hydrogens (tertiary/aromatic N) is 2. The van der Waals surface area contributed by atoms with Gasteiger partial charge >= 0.3 is 0 Å². The number of hydrogen-bond donors (Lipinski definition) is 2. The molecule has 2 heterocycles. The van der Waals surface area contributed by atoms with E-state index >= 15 is 0 Å². The van der Waals surface area contributed by atoms with Crippen LogP contribution in [0.1, 0.15) is 25.7 Å². The summed E-state index contributed by atoms with van der Waals surface area (Å²) in [6, 6.07) is 14.1. The standard InChI is InChI=1S/C21H22N4O3S3/c26-20(14-29-21-24-17-9-3-4-10-18(17)30-21)23-15-7-6-8-16(13-15)31(27,28)25-19-11-2-1-5-12-22-19/h3-4,6-10,13H,1-2,5,11-12,14H2,(H,22,25)(H,23,26). The summed E-state index contributed by atoms with van der Waals surface area (Å²) in [5, 5.41) is 2.77. The summed E-state index contributed by atoms with van der Waals surface area (Å²) in [6.07, 6.45) is 3.56. The number of carbonyl (C=O) groups is 1. The van der Waals surface area contributed by atoms with Crippen molar-refractivity contribution >= 4 is 60.8 Å². The van der Waals surface area contributed by atoms with Crippen LogP contribution in [-0.2, 0) is 14.8 Å². The van der Waals surface area contributed by atoms with Crippen LogP contribution >= 0.6 is 23.1 Å². The van der Waals surface area contributed by atoms with Gasteiger partial charge in [-0.1, -0.05) is 36.4 Å². The normalized spacial score (nSPS) is 14.6. The number of amides is 1. The van der Waals surface area contributed by atoms with Gasteiger partial charge in [0, 0.05) is 18.7 Å². The molecule has 162 valence electrons. The molecule has 3 aromatic rings. The first kappa shape index (κ1) is 21.8. The molecule has 1 amide bonds. The fraction of sp³-hybridized carbons (Fsp3) is 0.286. The molecule has 1 aliphatic rings. The molecule has 1 aromatic heterocycles. The number of aliphatic imine (C=N–C) groups is 1. The summed E-state index contributed by atoms with van der Waals surface area (Å²) in [6.45, 7) is 0.639. The van der Waals surface area contributed by atoms with Gasteiger partial charge in [0.1, 0.15) is 5.84 Å². The average molecular weight is 475 g/mol. The first-order chi connectivity index (χ1) is 15.0. The van der Waals surface area contributed by atoms with Crippen LogP contribution in [0, 0.1) is 0 Å². The Balaban J connectivity index is 1.38. The number of sulfonamides is 1. The maximum atomic E-state index is 12.7. The van der Waals surface area contributed by atoms with Crippen molar-refractivity contribution in [3.63, 3.8) is 0 Å². The lowest BCUT2D eigenvalue weighted by Gasteiger charge is -2.11. The van der Waals surface area contributed by atoms with Crippen molar-refractivity contribution in [3.8, 4) is 0 Å². The maximum Gasteiger partial charge on any atom is 0.262 e. The quantitative estimate of drug-likeness (QED) is 0.520. The van der Waals surface area contributed by atoms with Gasteiger partial charge < -0.3 is 5.32 Å². The van der Waals surface area contributed by atoms with Crippen LogP contribution in [0.4, 0.5) is 5.69 Å². The van der Waals surface area contributed by atoms with Crippen molar-refractivity contribution in [2.45, 2.75) is 34.9 Å². The molecule has 2 N–H and O–H groups in total. The number of anilines is 1. The molecule has 4 rings (SSSR count). The van der Waals surface area contributed by atoms with Crippen LogP contribution in [-0.4, -0.2) is 37.4 Å². The Kier molecular flexibility index (Phi) is 6.89. The van der Waals surface area contributed by atoms with E-state index in [1.807, 2.05) is 24.3 Å². The second-order valence-corrected chi connectivity index (χ2v) is 11.0. The molecule has 2 aromatic carbocycles. The van der Waals surface area contributed by atoms with Crippen LogP contribution in [0.15, 0.2) is 62.8 Å². The number of thioether (sulfide) groups is 1. The summed E-state index contributed by atoms with van der Waals surface area (Å²) < 4.78 is 30.0. The van der Waals surface area contributed by atoms with Gasteiger partial charge in [-0.15, -0.1) is 11.3 Å². The SMILES string of the molecule is O=C(CSc1nc2ccccc2s1)Nc1cccc(S(=O)(=O)NC2=NCCCCC2)c1. The molecule has 0 saturated carbocycles. The number of hydrogen-bond acceptors (Lipinski definition) is 7. The van der Waals surface area contributed by atoms with Gasteiger partial charge in [0.25, 0.3) is 10.0 Å². The molecule has 10 heteroatoms. The van der Waals surface area contributed by atoms with Gasteiger partial charge in [-0.05, 0) is 43.2 Å². The average Bonchev–Trinajstić information content (AvgIpc) is 3.01. The van der Waals surface area contributed by atoms with Crippen molar-refractivity contribution < 1.29 is 13.2 Å². The van der Waals surface area contributed by atoms with Crippen LogP contribution < -0.4 is 10.0 Å². The Hall–Kier alpha value is -2.43. The number of carbonyl (C=O) groups excluding carboxylic acids is 1. The molecule has 0 bridgehead atoms. The van der Waals surface area contributed by atoms with Crippen molar-refractivity contribution in [1.82, 2.24) is 9.71 Å². The molecular formula is C21H22N4O3S3. The number of fused-ring (bicyclic) bond motifs is 1. The van der Waals surface area contributed by atoms with Crippen LogP contribution in [0.2, 0.25) is 0 Å². The number of para-hydroxylation sites is 1. The minimum absolute atomic E-state index is 0.0936. The number of nitrogens with one attached hydrogen (secondary N) is 2. The van der Waals surface area contributed by atoms with Crippen LogP contribution in [0.25, 0.3) is 10.2 Å². The largest absolute Gasteiger partial charge is 0.325 e. The lowest BCUT2D eigenvalue weighted by molar-refractivity contribution is -0.113. The molecule has 0 atom stereocenters. The van der Waals surface area contributed by atoms with E-state index in [0.29, 0.717) is 24.5 Å². The zero-order valence-corrected chi connectivity index (χ0v) is 19.2. The number of rotatable bonds is 6. The van der Waals surface area contributed by atoms with Gasteiger partial charge in [-0.3, -0.25) is 14.5 Å². The monoisotopic (exact) mass is 474 g/mol. The lowest BCUT2D eigenvalue weighted by atomic mass is 10.2. The predicted molar refractivity (Wildman–Crippen MR) is 127 cm³/mol. The van der Waals surface area contributed by atoms with Crippen LogP contribution in [0.5, 0.6) is 0 Å². The molecule has 0 spiro atoms. The minimum Gasteiger partial charge on any atom is -0.325 e. The van der Waals surface area contributed by atoms with E-state index in [0.717, 1.165) is 33.8 Å². The molecule has 0 unspecified atom stereocenters. The maximum absolute atomic E-state index is 12.7. The Labute approximate surface area is 189 Å². The van der Waals surface area contributed by atoms with Crippen molar-refractivity contribution in [3.05, 3.63) is 48.5 Å². The van der Waals surface area contributed by atoms with E-state index in [1.54, 1.807) is 23.5 Å². The lowest BCUT2D eigenvalue weighted by Crippen LogP contribution is -2.30. The molecule has 31 heavy (non-hydrogen) atoms. The second kappa shape index (κ2) is 9.80. The van der Waals surface area contributed by atoms with Crippen LogP contribution in [0.3, 0.4) is 0 Å². The third-order valence-corrected chi connectivity index (χ3v) is 8.21. The van der Waals surface area contributed by atoms with Gasteiger partial charge in [0.15, 0.2) is 4.34 Å². The van der Waals surface area contributed by atoms with Gasteiger partial charge in [-0.2, -0.15) is 0 Å². The van der Waals surface area contributed by atoms with Gasteiger partial charge in [0.05, 0.1) is 20.9 Å². The van der Waals surface area contributed by atoms with E-state index < -0.39 is 10.0 Å². The molecule has 0 fully saturated rings. The topological polar surface area (TPSA) is 101 Å². The number of amidine groups is 1. The zero-order valence-electron chi connectivity index (χ0n) is 16.7. The Morgan fingerprint density at radius 3 is 2.84 bits per heavy atom. The van der Waals surface area contributed by atoms with E-state index in [2.05, 4.69) is 20.0 Å². The second-order valence-electron chi connectivity index (χ2n) is 7.06. The van der Waals surface area contributed by atoms with Crippen molar-refractivity contribution in [1.29, 1.82) is 0 Å². The zero-order chi connectivity index (χ0) is 21.7. The highest BCUT2D eigenvalue weighted by Crippen LogP contribution is 2.29. The van der Waals surface area contributed by atoms with E-state index in [9.17, 15) is 13.2 Å². The number of aromatic nitrogens is 1. The summed E-state index contributed by atoms with van der Waals surface area (Å²) in [7, 11) is -3.75. The molecular weight excluding hydrogens is 452 g/mol. The Bertz CT molecular complexity index is 1190. The summed E-state index contributed by atoms with van der Waals surface area (Å²) in [5.74, 6) is 0.463. The van der Waals surface area contributed by atoms with Crippen molar-refractivity contribution in [2.75, 3.05) is 17.6 Å². The highest BCUT2D eigenvalue weighted by atomic mass is 32.2. The summed E-state index contributed by atoms with van der Waals surface area (Å²) in [5.41, 5.74) is 1.35. The fourth-order valence-electron chi connectivity index (χ4n) is 3.15. The minimum atomic E-state index is -3.75. The van der Waals surface area contributed by atoms with Gasteiger partial charge in [0.2, 0.25) is 5.91 Å². The smallest absolute Gasteiger partial charge is 0.262 e. The van der Waals surface area contributed by atoms with Crippen molar-refractivity contribution in [2.24, 2.45) is 4.99 Å². The predicted octanol–water partition coefficient (Wildman–Crippen LogP) is 4.28.